The van der Waals surface area contributed by atoms with Crippen molar-refractivity contribution in [3.8, 4) is 0 Å². The lowest BCUT2D eigenvalue weighted by atomic mass is 10.0. The van der Waals surface area contributed by atoms with Gasteiger partial charge in [0.2, 0.25) is 0 Å². The van der Waals surface area contributed by atoms with E-state index in [9.17, 15) is 0 Å². The first-order chi connectivity index (χ1) is 7.43. The Bertz CT molecular complexity index is 271. The summed E-state index contributed by atoms with van der Waals surface area (Å²) >= 11 is 0. The molecule has 0 aliphatic heterocycles. The first kappa shape index (κ1) is 11.8. The fourth-order valence-corrected chi connectivity index (χ4v) is 1.45. The van der Waals surface area contributed by atoms with Gasteiger partial charge in [0.25, 0.3) is 0 Å². The molecule has 0 bridgehead atoms. The van der Waals surface area contributed by atoms with Crippen LogP contribution >= 0.6 is 0 Å². The summed E-state index contributed by atoms with van der Waals surface area (Å²) in [4.78, 5) is 0. The molecule has 0 unspecified atom stereocenters. The van der Waals surface area contributed by atoms with Crippen molar-refractivity contribution >= 4 is 0 Å². The van der Waals surface area contributed by atoms with Crippen molar-refractivity contribution in [3.63, 3.8) is 0 Å². The van der Waals surface area contributed by atoms with Crippen molar-refractivity contribution < 1.29 is 0 Å². The SMILES string of the molecule is CC/C=C\C/C=C\CC1C=CC=CC=C1. The van der Waals surface area contributed by atoms with Crippen molar-refractivity contribution in [3.05, 3.63) is 60.8 Å². The van der Waals surface area contributed by atoms with Crippen LogP contribution in [0.5, 0.6) is 0 Å². The quantitative estimate of drug-likeness (QED) is 0.569. The van der Waals surface area contributed by atoms with Gasteiger partial charge in [0.1, 0.15) is 0 Å². The van der Waals surface area contributed by atoms with Gasteiger partial charge in [-0.05, 0) is 25.2 Å². The molecule has 0 spiro atoms. The lowest BCUT2D eigenvalue weighted by Gasteiger charge is -2.01. The molecule has 0 fully saturated rings. The Morgan fingerprint density at radius 2 is 1.53 bits per heavy atom. The molecule has 0 saturated heterocycles. The third-order valence-corrected chi connectivity index (χ3v) is 2.30. The molecule has 15 heavy (non-hydrogen) atoms. The Balaban J connectivity index is 2.21. The summed E-state index contributed by atoms with van der Waals surface area (Å²) in [6.07, 6.45) is 25.1. The van der Waals surface area contributed by atoms with Gasteiger partial charge in [-0.25, -0.2) is 0 Å². The van der Waals surface area contributed by atoms with Crippen LogP contribution in [0.2, 0.25) is 0 Å². The Morgan fingerprint density at radius 1 is 0.867 bits per heavy atom. The molecule has 0 aromatic carbocycles. The second-order valence-corrected chi connectivity index (χ2v) is 3.64. The molecule has 1 rings (SSSR count). The molecular formula is C15H20. The minimum atomic E-state index is 0.561. The fourth-order valence-electron chi connectivity index (χ4n) is 1.45. The van der Waals surface area contributed by atoms with E-state index in [0.29, 0.717) is 5.92 Å². The second kappa shape index (κ2) is 8.05. The van der Waals surface area contributed by atoms with Gasteiger partial charge in [-0.15, -0.1) is 0 Å². The van der Waals surface area contributed by atoms with Crippen molar-refractivity contribution in [2.24, 2.45) is 5.92 Å². The van der Waals surface area contributed by atoms with Crippen LogP contribution in [0.3, 0.4) is 0 Å². The van der Waals surface area contributed by atoms with Crippen molar-refractivity contribution in [1.29, 1.82) is 0 Å². The van der Waals surface area contributed by atoms with Crippen molar-refractivity contribution in [2.75, 3.05) is 0 Å². The Morgan fingerprint density at radius 3 is 2.20 bits per heavy atom. The molecule has 0 saturated carbocycles. The van der Waals surface area contributed by atoms with E-state index in [1.165, 1.54) is 0 Å². The normalized spacial score (nSPS) is 16.9. The lowest BCUT2D eigenvalue weighted by molar-refractivity contribution is 0.831. The van der Waals surface area contributed by atoms with Gasteiger partial charge in [0.05, 0.1) is 0 Å². The topological polar surface area (TPSA) is 0 Å². The van der Waals surface area contributed by atoms with Crippen LogP contribution in [0, 0.1) is 5.92 Å². The molecule has 0 aromatic rings. The van der Waals surface area contributed by atoms with E-state index >= 15 is 0 Å². The average Bonchev–Trinajstić information content (AvgIpc) is 2.52. The minimum absolute atomic E-state index is 0.561. The zero-order valence-electron chi connectivity index (χ0n) is 9.47. The number of hydrogen-bond donors (Lipinski definition) is 0. The molecule has 1 aliphatic carbocycles. The van der Waals surface area contributed by atoms with Crippen LogP contribution in [0.15, 0.2) is 60.8 Å². The summed E-state index contributed by atoms with van der Waals surface area (Å²) in [6.45, 7) is 2.16. The Labute approximate surface area is 93.4 Å². The summed E-state index contributed by atoms with van der Waals surface area (Å²) in [6, 6.07) is 0. The highest BCUT2D eigenvalue weighted by Gasteiger charge is 1.96. The maximum absolute atomic E-state index is 2.27. The van der Waals surface area contributed by atoms with Gasteiger partial charge < -0.3 is 0 Å². The molecule has 80 valence electrons. The third kappa shape index (κ3) is 5.90. The second-order valence-electron chi connectivity index (χ2n) is 3.64. The predicted octanol–water partition coefficient (Wildman–Crippen LogP) is 4.59. The molecule has 0 N–H and O–H groups in total. The minimum Gasteiger partial charge on any atom is -0.0885 e. The van der Waals surface area contributed by atoms with E-state index in [0.717, 1.165) is 19.3 Å². The van der Waals surface area contributed by atoms with Crippen LogP contribution in [0.25, 0.3) is 0 Å². The summed E-state index contributed by atoms with van der Waals surface area (Å²) in [5.74, 6) is 0.561. The van der Waals surface area contributed by atoms with E-state index in [-0.39, 0.29) is 0 Å². The van der Waals surface area contributed by atoms with Crippen LogP contribution in [0.1, 0.15) is 26.2 Å². The number of hydrogen-bond acceptors (Lipinski definition) is 0. The summed E-state index contributed by atoms with van der Waals surface area (Å²) < 4.78 is 0. The molecule has 0 aromatic heterocycles. The first-order valence-corrected chi connectivity index (χ1v) is 5.75. The van der Waals surface area contributed by atoms with Crippen molar-refractivity contribution in [1.82, 2.24) is 0 Å². The monoisotopic (exact) mass is 200 g/mol. The van der Waals surface area contributed by atoms with Gasteiger partial charge in [-0.1, -0.05) is 67.7 Å². The fraction of sp³-hybridized carbons (Fsp3) is 0.333. The molecule has 1 aliphatic rings. The molecule has 0 heteroatoms. The van der Waals surface area contributed by atoms with Gasteiger partial charge in [0.15, 0.2) is 0 Å². The summed E-state index contributed by atoms with van der Waals surface area (Å²) in [5.41, 5.74) is 0. The third-order valence-electron chi connectivity index (χ3n) is 2.30. The molecule has 0 atom stereocenters. The maximum atomic E-state index is 2.27. The predicted molar refractivity (Wildman–Crippen MR) is 68.7 cm³/mol. The van der Waals surface area contributed by atoms with Gasteiger partial charge >= 0.3 is 0 Å². The molecule has 0 amide bonds. The van der Waals surface area contributed by atoms with Gasteiger partial charge in [-0.2, -0.15) is 0 Å². The largest absolute Gasteiger partial charge is 0.0885 e. The Kier molecular flexibility index (Phi) is 6.31. The number of rotatable bonds is 5. The van der Waals surface area contributed by atoms with Gasteiger partial charge in [0, 0.05) is 0 Å². The summed E-state index contributed by atoms with van der Waals surface area (Å²) in [7, 11) is 0. The van der Waals surface area contributed by atoms with E-state index in [4.69, 9.17) is 0 Å². The highest BCUT2D eigenvalue weighted by molar-refractivity contribution is 5.20. The van der Waals surface area contributed by atoms with Crippen LogP contribution in [-0.2, 0) is 0 Å². The zero-order chi connectivity index (χ0) is 10.8. The lowest BCUT2D eigenvalue weighted by Crippen LogP contribution is -1.87. The smallest absolute Gasteiger partial charge is 0.00127 e. The molecule has 0 nitrogen and oxygen atoms in total. The van der Waals surface area contributed by atoms with Crippen LogP contribution < -0.4 is 0 Å². The maximum Gasteiger partial charge on any atom is -0.00127 e. The first-order valence-electron chi connectivity index (χ1n) is 5.75. The van der Waals surface area contributed by atoms with Crippen LogP contribution in [0.4, 0.5) is 0 Å². The molecule has 0 radical (unpaired) electrons. The van der Waals surface area contributed by atoms with Crippen LogP contribution in [-0.4, -0.2) is 0 Å². The molecular weight excluding hydrogens is 180 g/mol. The average molecular weight is 200 g/mol. The highest BCUT2D eigenvalue weighted by atomic mass is 14.0. The standard InChI is InChI=1S/C15H20/c1-2-3-4-5-6-9-12-15-13-10-7-8-11-14-15/h3-4,6-11,13-15H,2,5,12H2,1H3/b4-3-,9-6-. The summed E-state index contributed by atoms with van der Waals surface area (Å²) in [5, 5.41) is 0. The van der Waals surface area contributed by atoms with Gasteiger partial charge in [-0.3, -0.25) is 0 Å². The van der Waals surface area contributed by atoms with E-state index in [1.54, 1.807) is 0 Å². The Hall–Kier alpha value is -1.30. The van der Waals surface area contributed by atoms with E-state index in [1.807, 2.05) is 0 Å². The van der Waals surface area contributed by atoms with Crippen molar-refractivity contribution in [2.45, 2.75) is 26.2 Å². The highest BCUT2D eigenvalue weighted by Crippen LogP contribution is 2.11. The van der Waals surface area contributed by atoms with E-state index in [2.05, 4.69) is 67.7 Å². The van der Waals surface area contributed by atoms with E-state index < -0.39 is 0 Å². The molecule has 0 heterocycles. The number of allylic oxidation sites excluding steroid dienone is 10. The zero-order valence-corrected chi connectivity index (χ0v) is 9.47.